The van der Waals surface area contributed by atoms with Crippen molar-refractivity contribution in [3.63, 3.8) is 0 Å². The molecule has 1 aliphatic heterocycles. The second kappa shape index (κ2) is 8.53. The highest BCUT2D eigenvalue weighted by molar-refractivity contribution is 5.77. The molecule has 0 spiro atoms. The highest BCUT2D eigenvalue weighted by Crippen LogP contribution is 2.08. The van der Waals surface area contributed by atoms with E-state index >= 15 is 0 Å². The molecule has 0 atom stereocenters. The number of hydrogen-bond donors (Lipinski definition) is 2. The van der Waals surface area contributed by atoms with Gasteiger partial charge in [0, 0.05) is 6.54 Å². The minimum atomic E-state index is 0.0977. The summed E-state index contributed by atoms with van der Waals surface area (Å²) in [4.78, 5) is 13.6. The molecule has 1 fully saturated rings. The number of nitrogens with one attached hydrogen (secondary N) is 2. The Morgan fingerprint density at radius 2 is 2.00 bits per heavy atom. The maximum Gasteiger partial charge on any atom is 0.233 e. The first-order valence-electron chi connectivity index (χ1n) is 6.52. The maximum atomic E-state index is 11.1. The fourth-order valence-corrected chi connectivity index (χ4v) is 2.07. The molecule has 0 aromatic rings. The van der Waals surface area contributed by atoms with Gasteiger partial charge in [0.2, 0.25) is 5.91 Å². The van der Waals surface area contributed by atoms with Gasteiger partial charge in [-0.2, -0.15) is 0 Å². The van der Waals surface area contributed by atoms with Crippen molar-refractivity contribution < 1.29 is 4.79 Å². The summed E-state index contributed by atoms with van der Waals surface area (Å²) in [6, 6.07) is 0. The Balaban J connectivity index is 1.89. The van der Waals surface area contributed by atoms with Gasteiger partial charge in [0.1, 0.15) is 0 Å². The van der Waals surface area contributed by atoms with Crippen LogP contribution in [0.25, 0.3) is 0 Å². The average molecular weight is 227 g/mol. The number of piperidine rings is 1. The number of hydrogen-bond acceptors (Lipinski definition) is 3. The summed E-state index contributed by atoms with van der Waals surface area (Å²) >= 11 is 0. The fraction of sp³-hybridized carbons (Fsp3) is 0.917. The topological polar surface area (TPSA) is 44.4 Å². The summed E-state index contributed by atoms with van der Waals surface area (Å²) in [6.07, 6.45) is 5.24. The van der Waals surface area contributed by atoms with Crippen LogP contribution in [0.4, 0.5) is 0 Å². The number of likely N-dealkylation sites (N-methyl/N-ethyl adjacent to an activating group) is 1. The Morgan fingerprint density at radius 1 is 1.25 bits per heavy atom. The van der Waals surface area contributed by atoms with Crippen molar-refractivity contribution in [2.45, 2.75) is 32.6 Å². The lowest BCUT2D eigenvalue weighted by Gasteiger charge is -2.26. The molecule has 1 amide bonds. The summed E-state index contributed by atoms with van der Waals surface area (Å²) in [5, 5.41) is 5.94. The van der Waals surface area contributed by atoms with Gasteiger partial charge in [-0.05, 0) is 52.4 Å². The lowest BCUT2D eigenvalue weighted by molar-refractivity contribution is -0.120. The Hall–Kier alpha value is -0.610. The molecule has 94 valence electrons. The van der Waals surface area contributed by atoms with Gasteiger partial charge >= 0.3 is 0 Å². The molecular formula is C12H25N3O. The van der Waals surface area contributed by atoms with Gasteiger partial charge in [-0.3, -0.25) is 4.79 Å². The van der Waals surface area contributed by atoms with E-state index in [1.165, 1.54) is 38.9 Å². The lowest BCUT2D eigenvalue weighted by Crippen LogP contribution is -2.36. The molecule has 0 radical (unpaired) electrons. The lowest BCUT2D eigenvalue weighted by atomic mass is 10.1. The molecule has 4 heteroatoms. The number of rotatable bonds is 7. The van der Waals surface area contributed by atoms with Gasteiger partial charge in [0.05, 0.1) is 6.54 Å². The van der Waals surface area contributed by atoms with E-state index in [0.29, 0.717) is 13.1 Å². The minimum Gasteiger partial charge on any atom is -0.355 e. The van der Waals surface area contributed by atoms with E-state index < -0.39 is 0 Å². The third-order valence-electron chi connectivity index (χ3n) is 2.94. The second-order valence-electron chi connectivity index (χ2n) is 4.39. The van der Waals surface area contributed by atoms with Crippen molar-refractivity contribution in [1.29, 1.82) is 0 Å². The smallest absolute Gasteiger partial charge is 0.233 e. The molecule has 0 saturated carbocycles. The Morgan fingerprint density at radius 3 is 2.69 bits per heavy atom. The minimum absolute atomic E-state index is 0.0977. The Bertz CT molecular complexity index is 191. The molecule has 0 aliphatic carbocycles. The van der Waals surface area contributed by atoms with E-state index in [-0.39, 0.29) is 5.91 Å². The summed E-state index contributed by atoms with van der Waals surface area (Å²) < 4.78 is 0. The Labute approximate surface area is 98.8 Å². The highest BCUT2D eigenvalue weighted by atomic mass is 16.1. The van der Waals surface area contributed by atoms with Gasteiger partial charge in [0.25, 0.3) is 0 Å². The van der Waals surface area contributed by atoms with Crippen LogP contribution in [0.5, 0.6) is 0 Å². The standard InChI is InChI=1S/C12H25N3O/c1-2-14-12(16)11-13-7-6-10-15-8-4-3-5-9-15/h13H,2-11H2,1H3,(H,14,16). The zero-order chi connectivity index (χ0) is 11.6. The largest absolute Gasteiger partial charge is 0.355 e. The van der Waals surface area contributed by atoms with Crippen molar-refractivity contribution in [2.75, 3.05) is 39.3 Å². The number of amides is 1. The van der Waals surface area contributed by atoms with E-state index in [1.807, 2.05) is 6.92 Å². The van der Waals surface area contributed by atoms with Gasteiger partial charge in [0.15, 0.2) is 0 Å². The van der Waals surface area contributed by atoms with Crippen LogP contribution in [0, 0.1) is 0 Å². The van der Waals surface area contributed by atoms with Crippen molar-refractivity contribution in [3.05, 3.63) is 0 Å². The number of carbonyl (C=O) groups is 1. The van der Waals surface area contributed by atoms with Gasteiger partial charge in [-0.25, -0.2) is 0 Å². The molecule has 1 saturated heterocycles. The molecule has 1 heterocycles. The van der Waals surface area contributed by atoms with Crippen LogP contribution in [0.1, 0.15) is 32.6 Å². The first kappa shape index (κ1) is 13.5. The van der Waals surface area contributed by atoms with Gasteiger partial charge < -0.3 is 15.5 Å². The summed E-state index contributed by atoms with van der Waals surface area (Å²) in [6.45, 7) is 7.74. The fourth-order valence-electron chi connectivity index (χ4n) is 2.07. The molecule has 0 bridgehead atoms. The molecular weight excluding hydrogens is 202 g/mol. The zero-order valence-corrected chi connectivity index (χ0v) is 10.4. The molecule has 2 N–H and O–H groups in total. The predicted octanol–water partition coefficient (Wildman–Crippen LogP) is 0.588. The Kier molecular flexibility index (Phi) is 7.17. The molecule has 0 aromatic heterocycles. The van der Waals surface area contributed by atoms with Crippen molar-refractivity contribution in [2.24, 2.45) is 0 Å². The van der Waals surface area contributed by atoms with Crippen LogP contribution >= 0.6 is 0 Å². The monoisotopic (exact) mass is 227 g/mol. The van der Waals surface area contributed by atoms with Crippen LogP contribution in [0.15, 0.2) is 0 Å². The van der Waals surface area contributed by atoms with Gasteiger partial charge in [-0.15, -0.1) is 0 Å². The normalized spacial score (nSPS) is 17.3. The summed E-state index contributed by atoms with van der Waals surface area (Å²) in [5.74, 6) is 0.0977. The summed E-state index contributed by atoms with van der Waals surface area (Å²) in [5.41, 5.74) is 0. The molecule has 1 rings (SSSR count). The third-order valence-corrected chi connectivity index (χ3v) is 2.94. The number of likely N-dealkylation sites (tertiary alicyclic amines) is 1. The SMILES string of the molecule is CCNC(=O)CNCCCN1CCCCC1. The van der Waals surface area contributed by atoms with E-state index in [2.05, 4.69) is 15.5 Å². The third kappa shape index (κ3) is 6.08. The van der Waals surface area contributed by atoms with E-state index in [1.54, 1.807) is 0 Å². The molecule has 0 aromatic carbocycles. The van der Waals surface area contributed by atoms with Crippen LogP contribution in [-0.4, -0.2) is 50.1 Å². The van der Waals surface area contributed by atoms with E-state index in [9.17, 15) is 4.79 Å². The van der Waals surface area contributed by atoms with Crippen LogP contribution < -0.4 is 10.6 Å². The van der Waals surface area contributed by atoms with E-state index in [0.717, 1.165) is 13.0 Å². The van der Waals surface area contributed by atoms with Crippen LogP contribution in [-0.2, 0) is 4.79 Å². The highest BCUT2D eigenvalue weighted by Gasteiger charge is 2.08. The first-order valence-corrected chi connectivity index (χ1v) is 6.52. The van der Waals surface area contributed by atoms with E-state index in [4.69, 9.17) is 0 Å². The van der Waals surface area contributed by atoms with Crippen LogP contribution in [0.2, 0.25) is 0 Å². The molecule has 1 aliphatic rings. The van der Waals surface area contributed by atoms with Crippen molar-refractivity contribution >= 4 is 5.91 Å². The van der Waals surface area contributed by atoms with Gasteiger partial charge in [-0.1, -0.05) is 6.42 Å². The molecule has 4 nitrogen and oxygen atoms in total. The number of carbonyl (C=O) groups excluding carboxylic acids is 1. The predicted molar refractivity (Wildman–Crippen MR) is 66.5 cm³/mol. The quantitative estimate of drug-likeness (QED) is 0.626. The van der Waals surface area contributed by atoms with Crippen molar-refractivity contribution in [3.8, 4) is 0 Å². The number of nitrogens with zero attached hydrogens (tertiary/aromatic N) is 1. The average Bonchev–Trinajstić information content (AvgIpc) is 2.30. The zero-order valence-electron chi connectivity index (χ0n) is 10.4. The van der Waals surface area contributed by atoms with Crippen molar-refractivity contribution in [1.82, 2.24) is 15.5 Å². The second-order valence-corrected chi connectivity index (χ2v) is 4.39. The molecule has 16 heavy (non-hydrogen) atoms. The van der Waals surface area contributed by atoms with Crippen LogP contribution in [0.3, 0.4) is 0 Å². The first-order chi connectivity index (χ1) is 7.83. The molecule has 0 unspecified atom stereocenters. The summed E-state index contributed by atoms with van der Waals surface area (Å²) in [7, 11) is 0. The maximum absolute atomic E-state index is 11.1.